The number of aryl methyl sites for hydroxylation is 1. The molecule has 1 atom stereocenters. The van der Waals surface area contributed by atoms with Crippen molar-refractivity contribution < 1.29 is 19.1 Å². The molecular weight excluding hydrogens is 490 g/mol. The standard InChI is InChI=1S/C32H33N3O4/c1-21(2)30(34-31(36)25-15-12-22(3)13-16-25)32(37)35-33-19-23-14-17-28(29(18-23)38-4)39-20-26-10-7-9-24-8-5-6-11-27(24)26/h5-19,21,30H,20H2,1-4H3,(H,34,36)(H,35,37)/b33-19-. The van der Waals surface area contributed by atoms with Crippen molar-refractivity contribution in [2.45, 2.75) is 33.4 Å². The van der Waals surface area contributed by atoms with E-state index in [1.54, 1.807) is 25.3 Å². The number of fused-ring (bicyclic) bond motifs is 1. The van der Waals surface area contributed by atoms with E-state index < -0.39 is 11.9 Å². The molecule has 0 spiro atoms. The van der Waals surface area contributed by atoms with Crippen LogP contribution in [0.3, 0.4) is 0 Å². The van der Waals surface area contributed by atoms with Crippen LogP contribution in [0.1, 0.15) is 40.9 Å². The number of hydrazone groups is 1. The summed E-state index contributed by atoms with van der Waals surface area (Å²) >= 11 is 0. The third-order valence-electron chi connectivity index (χ3n) is 6.39. The van der Waals surface area contributed by atoms with E-state index in [4.69, 9.17) is 9.47 Å². The zero-order chi connectivity index (χ0) is 27.8. The second kappa shape index (κ2) is 12.7. The summed E-state index contributed by atoms with van der Waals surface area (Å²) in [5.41, 5.74) is 5.89. The normalized spacial score (nSPS) is 11.9. The van der Waals surface area contributed by atoms with Crippen molar-refractivity contribution >= 4 is 28.8 Å². The Morgan fingerprint density at radius 2 is 1.67 bits per heavy atom. The van der Waals surface area contributed by atoms with E-state index in [-0.39, 0.29) is 11.8 Å². The van der Waals surface area contributed by atoms with E-state index in [0.717, 1.165) is 27.5 Å². The van der Waals surface area contributed by atoms with Crippen molar-refractivity contribution in [3.05, 3.63) is 107 Å². The number of nitrogens with one attached hydrogen (secondary N) is 2. The summed E-state index contributed by atoms with van der Waals surface area (Å²) < 4.78 is 11.6. The van der Waals surface area contributed by atoms with Crippen molar-refractivity contribution in [2.75, 3.05) is 7.11 Å². The monoisotopic (exact) mass is 523 g/mol. The lowest BCUT2D eigenvalue weighted by Gasteiger charge is -2.20. The highest BCUT2D eigenvalue weighted by Crippen LogP contribution is 2.29. The van der Waals surface area contributed by atoms with E-state index in [0.29, 0.717) is 23.7 Å². The summed E-state index contributed by atoms with van der Waals surface area (Å²) in [7, 11) is 1.58. The number of carbonyl (C=O) groups excluding carboxylic acids is 2. The summed E-state index contributed by atoms with van der Waals surface area (Å²) in [6.07, 6.45) is 1.52. The maximum atomic E-state index is 12.8. The lowest BCUT2D eigenvalue weighted by molar-refractivity contribution is -0.123. The van der Waals surface area contributed by atoms with E-state index in [1.807, 2.05) is 69.3 Å². The molecule has 39 heavy (non-hydrogen) atoms. The third-order valence-corrected chi connectivity index (χ3v) is 6.39. The fourth-order valence-electron chi connectivity index (χ4n) is 4.16. The Morgan fingerprint density at radius 1 is 0.923 bits per heavy atom. The molecule has 7 heteroatoms. The number of rotatable bonds is 10. The largest absolute Gasteiger partial charge is 0.493 e. The van der Waals surface area contributed by atoms with Crippen LogP contribution in [0.15, 0.2) is 90.0 Å². The second-order valence-electron chi connectivity index (χ2n) is 9.63. The molecular formula is C32H33N3O4. The van der Waals surface area contributed by atoms with E-state index in [1.165, 1.54) is 6.21 Å². The Hall–Kier alpha value is -4.65. The Balaban J connectivity index is 1.38. The molecule has 0 saturated heterocycles. The lowest BCUT2D eigenvalue weighted by atomic mass is 10.0. The highest BCUT2D eigenvalue weighted by atomic mass is 16.5. The van der Waals surface area contributed by atoms with Crippen molar-refractivity contribution in [1.29, 1.82) is 0 Å². The molecule has 1 unspecified atom stereocenters. The van der Waals surface area contributed by atoms with Gasteiger partial charge in [-0.15, -0.1) is 0 Å². The molecule has 200 valence electrons. The maximum absolute atomic E-state index is 12.8. The molecule has 0 aliphatic carbocycles. The van der Waals surface area contributed by atoms with Gasteiger partial charge in [-0.1, -0.05) is 74.0 Å². The molecule has 4 rings (SSSR count). The van der Waals surface area contributed by atoms with E-state index in [2.05, 4.69) is 34.0 Å². The number of carbonyl (C=O) groups is 2. The third kappa shape index (κ3) is 7.02. The Labute approximate surface area is 228 Å². The summed E-state index contributed by atoms with van der Waals surface area (Å²) in [6, 6.07) is 26.2. The van der Waals surface area contributed by atoms with Gasteiger partial charge in [-0.25, -0.2) is 5.43 Å². The van der Waals surface area contributed by atoms with Crippen LogP contribution in [0.5, 0.6) is 11.5 Å². The van der Waals surface area contributed by atoms with Crippen LogP contribution in [0.4, 0.5) is 0 Å². The molecule has 0 bridgehead atoms. The molecule has 0 fully saturated rings. The predicted octanol–water partition coefficient (Wildman–Crippen LogP) is 5.64. The van der Waals surface area contributed by atoms with Gasteiger partial charge in [0, 0.05) is 5.56 Å². The number of amides is 2. The van der Waals surface area contributed by atoms with Crippen LogP contribution in [0.25, 0.3) is 10.8 Å². The Kier molecular flexibility index (Phi) is 8.94. The van der Waals surface area contributed by atoms with Gasteiger partial charge in [0.05, 0.1) is 13.3 Å². The zero-order valence-electron chi connectivity index (χ0n) is 22.6. The van der Waals surface area contributed by atoms with Gasteiger partial charge >= 0.3 is 0 Å². The molecule has 0 saturated carbocycles. The van der Waals surface area contributed by atoms with Crippen molar-refractivity contribution in [1.82, 2.24) is 10.7 Å². The van der Waals surface area contributed by atoms with Crippen molar-refractivity contribution in [2.24, 2.45) is 11.0 Å². The molecule has 0 heterocycles. The van der Waals surface area contributed by atoms with Gasteiger partial charge in [-0.05, 0) is 65.1 Å². The second-order valence-corrected chi connectivity index (χ2v) is 9.63. The minimum atomic E-state index is -0.740. The summed E-state index contributed by atoms with van der Waals surface area (Å²) in [4.78, 5) is 25.4. The molecule has 0 aliphatic heterocycles. The summed E-state index contributed by atoms with van der Waals surface area (Å²) in [6.45, 7) is 6.08. The first-order chi connectivity index (χ1) is 18.9. The molecule has 0 aliphatic rings. The topological polar surface area (TPSA) is 89.0 Å². The van der Waals surface area contributed by atoms with Gasteiger partial charge < -0.3 is 14.8 Å². The molecule has 4 aromatic rings. The average molecular weight is 524 g/mol. The minimum absolute atomic E-state index is 0.132. The van der Waals surface area contributed by atoms with Gasteiger partial charge in [-0.3, -0.25) is 9.59 Å². The lowest BCUT2D eigenvalue weighted by Crippen LogP contribution is -2.48. The predicted molar refractivity (Wildman–Crippen MR) is 154 cm³/mol. The summed E-state index contributed by atoms with van der Waals surface area (Å²) in [5.74, 6) is 0.314. The van der Waals surface area contributed by atoms with Crippen LogP contribution in [-0.2, 0) is 11.4 Å². The van der Waals surface area contributed by atoms with Gasteiger partial charge in [0.15, 0.2) is 11.5 Å². The minimum Gasteiger partial charge on any atom is -0.493 e. The molecule has 2 amide bonds. The number of hydrogen-bond donors (Lipinski definition) is 2. The smallest absolute Gasteiger partial charge is 0.262 e. The molecule has 4 aromatic carbocycles. The fourth-order valence-corrected chi connectivity index (χ4v) is 4.16. The SMILES string of the molecule is COc1cc(/C=N\NC(=O)C(NC(=O)c2ccc(C)cc2)C(C)C)ccc1OCc1cccc2ccccc12. The highest BCUT2D eigenvalue weighted by Gasteiger charge is 2.24. The van der Waals surface area contributed by atoms with Gasteiger partial charge in [0.25, 0.3) is 11.8 Å². The number of methoxy groups -OCH3 is 1. The summed E-state index contributed by atoms with van der Waals surface area (Å²) in [5, 5.41) is 9.21. The fraction of sp³-hybridized carbons (Fsp3) is 0.219. The van der Waals surface area contributed by atoms with Crippen molar-refractivity contribution in [3.8, 4) is 11.5 Å². The van der Waals surface area contributed by atoms with Gasteiger partial charge in [0.1, 0.15) is 12.6 Å². The molecule has 7 nitrogen and oxygen atoms in total. The first-order valence-corrected chi connectivity index (χ1v) is 12.8. The highest BCUT2D eigenvalue weighted by molar-refractivity contribution is 5.97. The average Bonchev–Trinajstić information content (AvgIpc) is 2.95. The van der Waals surface area contributed by atoms with Crippen LogP contribution >= 0.6 is 0 Å². The number of benzene rings is 4. The number of ether oxygens (including phenoxy) is 2. The number of hydrogen-bond acceptors (Lipinski definition) is 5. The van der Waals surface area contributed by atoms with E-state index >= 15 is 0 Å². The number of nitrogens with zero attached hydrogens (tertiary/aromatic N) is 1. The molecule has 2 N–H and O–H groups in total. The quantitative estimate of drug-likeness (QED) is 0.208. The van der Waals surface area contributed by atoms with Crippen LogP contribution < -0.4 is 20.2 Å². The van der Waals surface area contributed by atoms with E-state index in [9.17, 15) is 9.59 Å². The molecule has 0 aromatic heterocycles. The van der Waals surface area contributed by atoms with Crippen LogP contribution in [0, 0.1) is 12.8 Å². The molecule has 0 radical (unpaired) electrons. The van der Waals surface area contributed by atoms with Crippen LogP contribution in [0.2, 0.25) is 0 Å². The Morgan fingerprint density at radius 3 is 2.41 bits per heavy atom. The Bertz CT molecular complexity index is 1470. The van der Waals surface area contributed by atoms with Gasteiger partial charge in [-0.2, -0.15) is 5.10 Å². The first-order valence-electron chi connectivity index (χ1n) is 12.8. The van der Waals surface area contributed by atoms with Crippen LogP contribution in [-0.4, -0.2) is 31.2 Å². The van der Waals surface area contributed by atoms with Gasteiger partial charge in [0.2, 0.25) is 0 Å². The first kappa shape index (κ1) is 27.4. The maximum Gasteiger partial charge on any atom is 0.262 e. The van der Waals surface area contributed by atoms with Crippen molar-refractivity contribution in [3.63, 3.8) is 0 Å². The zero-order valence-corrected chi connectivity index (χ0v) is 22.6.